The molecule has 1 aliphatic rings. The first kappa shape index (κ1) is 24.5. The number of nitrogens with zero attached hydrogens (tertiary/aromatic N) is 2. The lowest BCUT2D eigenvalue weighted by atomic mass is 10.1. The summed E-state index contributed by atoms with van der Waals surface area (Å²) in [5.74, 6) is 0.856. The van der Waals surface area contributed by atoms with Crippen LogP contribution >= 0.6 is 0 Å². The molecule has 1 aromatic carbocycles. The zero-order valence-corrected chi connectivity index (χ0v) is 19.1. The van der Waals surface area contributed by atoms with Crippen molar-refractivity contribution in [3.8, 4) is 5.75 Å². The number of amides is 3. The molecular weight excluding hydrogens is 398 g/mol. The van der Waals surface area contributed by atoms with Crippen LogP contribution in [0.1, 0.15) is 45.6 Å². The third-order valence-corrected chi connectivity index (χ3v) is 5.01. The molecule has 0 atom stereocenters. The topological polar surface area (TPSA) is 88.2 Å². The van der Waals surface area contributed by atoms with Gasteiger partial charge in [0.2, 0.25) is 11.8 Å². The fraction of sp³-hybridized carbons (Fsp3) is 0.609. The van der Waals surface area contributed by atoms with Gasteiger partial charge in [-0.1, -0.05) is 18.2 Å². The zero-order valence-electron chi connectivity index (χ0n) is 19.1. The summed E-state index contributed by atoms with van der Waals surface area (Å²) in [5, 5.41) is 2.61. The minimum Gasteiger partial charge on any atom is -0.496 e. The van der Waals surface area contributed by atoms with Crippen molar-refractivity contribution < 1.29 is 23.9 Å². The van der Waals surface area contributed by atoms with E-state index in [0.717, 1.165) is 17.7 Å². The molecule has 0 bridgehead atoms. The Bertz CT molecular complexity index is 760. The zero-order chi connectivity index (χ0) is 22.9. The number of carbonyl (C=O) groups is 3. The van der Waals surface area contributed by atoms with Crippen molar-refractivity contribution >= 4 is 17.9 Å². The first-order chi connectivity index (χ1) is 14.7. The average Bonchev–Trinajstić information content (AvgIpc) is 2.97. The number of para-hydroxylation sites is 1. The van der Waals surface area contributed by atoms with Crippen molar-refractivity contribution in [1.29, 1.82) is 0 Å². The van der Waals surface area contributed by atoms with Gasteiger partial charge in [0.1, 0.15) is 11.4 Å². The first-order valence-corrected chi connectivity index (χ1v) is 10.8. The Morgan fingerprint density at radius 2 is 1.58 bits per heavy atom. The Balaban J connectivity index is 1.75. The molecule has 2 rings (SSSR count). The highest BCUT2D eigenvalue weighted by molar-refractivity contribution is 5.78. The highest BCUT2D eigenvalue weighted by Crippen LogP contribution is 2.19. The van der Waals surface area contributed by atoms with E-state index in [4.69, 9.17) is 9.47 Å². The monoisotopic (exact) mass is 433 g/mol. The van der Waals surface area contributed by atoms with Crippen LogP contribution in [0.2, 0.25) is 0 Å². The fourth-order valence-corrected chi connectivity index (χ4v) is 3.47. The molecule has 3 amide bonds. The van der Waals surface area contributed by atoms with Gasteiger partial charge in [-0.05, 0) is 45.2 Å². The van der Waals surface area contributed by atoms with E-state index in [1.165, 1.54) is 0 Å². The van der Waals surface area contributed by atoms with E-state index in [2.05, 4.69) is 5.32 Å². The minimum atomic E-state index is -0.569. The van der Waals surface area contributed by atoms with Crippen LogP contribution in [-0.2, 0) is 20.7 Å². The molecule has 1 heterocycles. The summed E-state index contributed by atoms with van der Waals surface area (Å²) in [6, 6.07) is 7.72. The third kappa shape index (κ3) is 8.47. The van der Waals surface area contributed by atoms with Crippen molar-refractivity contribution in [1.82, 2.24) is 15.1 Å². The van der Waals surface area contributed by atoms with E-state index in [-0.39, 0.29) is 24.8 Å². The maximum atomic E-state index is 12.7. The molecule has 1 aromatic rings. The summed E-state index contributed by atoms with van der Waals surface area (Å²) < 4.78 is 10.5. The lowest BCUT2D eigenvalue weighted by molar-refractivity contribution is -0.133. The number of rotatable bonds is 7. The van der Waals surface area contributed by atoms with E-state index >= 15 is 0 Å². The van der Waals surface area contributed by atoms with Crippen LogP contribution in [-0.4, -0.2) is 73.1 Å². The molecule has 0 unspecified atom stereocenters. The van der Waals surface area contributed by atoms with Crippen molar-refractivity contribution in [2.45, 2.75) is 52.1 Å². The van der Waals surface area contributed by atoms with Crippen molar-refractivity contribution in [2.24, 2.45) is 0 Å². The van der Waals surface area contributed by atoms with Crippen molar-refractivity contribution in [3.05, 3.63) is 29.8 Å². The maximum Gasteiger partial charge on any atom is 0.407 e. The van der Waals surface area contributed by atoms with Crippen LogP contribution in [0.5, 0.6) is 5.75 Å². The molecule has 1 aliphatic heterocycles. The molecule has 8 heteroatoms. The second-order valence-corrected chi connectivity index (χ2v) is 8.61. The minimum absolute atomic E-state index is 0.0284. The lowest BCUT2D eigenvalue weighted by Crippen LogP contribution is -2.39. The molecule has 0 spiro atoms. The van der Waals surface area contributed by atoms with Gasteiger partial charge in [0, 0.05) is 45.6 Å². The molecule has 31 heavy (non-hydrogen) atoms. The van der Waals surface area contributed by atoms with Gasteiger partial charge < -0.3 is 24.6 Å². The Morgan fingerprint density at radius 1 is 0.968 bits per heavy atom. The molecule has 0 aliphatic carbocycles. The Hall–Kier alpha value is -2.77. The molecule has 0 radical (unpaired) electrons. The number of hydrogen-bond acceptors (Lipinski definition) is 5. The number of aryl methyl sites for hydroxylation is 1. The maximum absolute atomic E-state index is 12.7. The fourth-order valence-electron chi connectivity index (χ4n) is 3.47. The molecule has 8 nitrogen and oxygen atoms in total. The predicted molar refractivity (Wildman–Crippen MR) is 118 cm³/mol. The van der Waals surface area contributed by atoms with Gasteiger partial charge in [0.15, 0.2) is 0 Å². The number of ether oxygens (including phenoxy) is 2. The molecule has 1 fully saturated rings. The van der Waals surface area contributed by atoms with Gasteiger partial charge in [-0.2, -0.15) is 0 Å². The number of methoxy groups -OCH3 is 1. The van der Waals surface area contributed by atoms with Gasteiger partial charge in [-0.3, -0.25) is 9.59 Å². The third-order valence-electron chi connectivity index (χ3n) is 5.01. The Morgan fingerprint density at radius 3 is 2.19 bits per heavy atom. The smallest absolute Gasteiger partial charge is 0.407 e. The highest BCUT2D eigenvalue weighted by atomic mass is 16.6. The number of hydrogen-bond donors (Lipinski definition) is 1. The molecule has 172 valence electrons. The van der Waals surface area contributed by atoms with Gasteiger partial charge in [0.05, 0.1) is 7.11 Å². The average molecular weight is 434 g/mol. The predicted octanol–water partition coefficient (Wildman–Crippen LogP) is 2.60. The summed E-state index contributed by atoms with van der Waals surface area (Å²) in [5.41, 5.74) is 0.447. The van der Waals surface area contributed by atoms with Crippen LogP contribution < -0.4 is 10.1 Å². The second-order valence-electron chi connectivity index (χ2n) is 8.61. The van der Waals surface area contributed by atoms with Gasteiger partial charge in [-0.15, -0.1) is 0 Å². The van der Waals surface area contributed by atoms with Gasteiger partial charge >= 0.3 is 6.09 Å². The van der Waals surface area contributed by atoms with Crippen molar-refractivity contribution in [3.63, 3.8) is 0 Å². The van der Waals surface area contributed by atoms with Gasteiger partial charge in [-0.25, -0.2) is 4.79 Å². The van der Waals surface area contributed by atoms with Gasteiger partial charge in [0.25, 0.3) is 0 Å². The molecule has 0 saturated carbocycles. The van der Waals surface area contributed by atoms with E-state index < -0.39 is 11.7 Å². The number of benzene rings is 1. The largest absolute Gasteiger partial charge is 0.496 e. The van der Waals surface area contributed by atoms with E-state index in [9.17, 15) is 14.4 Å². The lowest BCUT2D eigenvalue weighted by Gasteiger charge is -2.23. The SMILES string of the molecule is COc1ccccc1CCC(=O)N1CCCN(C(=O)CCNC(=O)OC(C)(C)C)CC1. The van der Waals surface area contributed by atoms with Crippen molar-refractivity contribution in [2.75, 3.05) is 39.8 Å². The first-order valence-electron chi connectivity index (χ1n) is 10.8. The van der Waals surface area contributed by atoms with Crippen LogP contribution in [0.25, 0.3) is 0 Å². The summed E-state index contributed by atoms with van der Waals surface area (Å²) in [6.45, 7) is 7.88. The molecule has 1 saturated heterocycles. The van der Waals surface area contributed by atoms with E-state index in [1.807, 2.05) is 29.2 Å². The summed E-state index contributed by atoms with van der Waals surface area (Å²) in [7, 11) is 1.63. The molecule has 1 N–H and O–H groups in total. The number of carbonyl (C=O) groups excluding carboxylic acids is 3. The molecule has 0 aromatic heterocycles. The number of alkyl carbamates (subject to hydrolysis) is 1. The summed E-state index contributed by atoms with van der Waals surface area (Å²) >= 11 is 0. The second kappa shape index (κ2) is 11.6. The van der Waals surface area contributed by atoms with E-state index in [1.54, 1.807) is 32.8 Å². The number of nitrogens with one attached hydrogen (secondary N) is 1. The normalized spacial score (nSPS) is 14.6. The standard InChI is InChI=1S/C23H35N3O5/c1-23(2,3)31-22(29)24-13-12-21(28)26-15-7-14-25(16-17-26)20(27)11-10-18-8-5-6-9-19(18)30-4/h5-6,8-9H,7,10-17H2,1-4H3,(H,24,29). The van der Waals surface area contributed by atoms with E-state index in [0.29, 0.717) is 39.0 Å². The van der Waals surface area contributed by atoms with Crippen LogP contribution in [0.15, 0.2) is 24.3 Å². The van der Waals surface area contributed by atoms with Crippen LogP contribution in [0.3, 0.4) is 0 Å². The highest BCUT2D eigenvalue weighted by Gasteiger charge is 2.22. The van der Waals surface area contributed by atoms with Crippen LogP contribution in [0.4, 0.5) is 4.79 Å². The Labute approximate surface area is 184 Å². The quantitative estimate of drug-likeness (QED) is 0.714. The molecular formula is C23H35N3O5. The Kier molecular flexibility index (Phi) is 9.15. The van der Waals surface area contributed by atoms with Crippen LogP contribution in [0, 0.1) is 0 Å². The summed E-state index contributed by atoms with van der Waals surface area (Å²) in [4.78, 5) is 40.5. The summed E-state index contributed by atoms with van der Waals surface area (Å²) in [6.07, 6.45) is 1.46.